The first-order valence-corrected chi connectivity index (χ1v) is 6.72. The summed E-state index contributed by atoms with van der Waals surface area (Å²) in [7, 11) is 1.56. The van der Waals surface area contributed by atoms with Crippen molar-refractivity contribution >= 4 is 21.6 Å². The molecule has 0 unspecified atom stereocenters. The molecule has 19 heavy (non-hydrogen) atoms. The summed E-state index contributed by atoms with van der Waals surface area (Å²) in [5.74, 6) is 0.343. The maximum atomic E-state index is 13.6. The first kappa shape index (κ1) is 13.9. The molecule has 2 aromatic carbocycles. The largest absolute Gasteiger partial charge is 0.497 e. The molecule has 0 bridgehead atoms. The van der Waals surface area contributed by atoms with Crippen LogP contribution in [0.5, 0.6) is 5.75 Å². The van der Waals surface area contributed by atoms with Gasteiger partial charge >= 0.3 is 0 Å². The molecule has 0 aliphatic rings. The summed E-state index contributed by atoms with van der Waals surface area (Å²) in [5.41, 5.74) is 2.70. The van der Waals surface area contributed by atoms with Crippen molar-refractivity contribution in [3.05, 3.63) is 57.8 Å². The first-order valence-electron chi connectivity index (χ1n) is 5.92. The number of hydrogen-bond donors (Lipinski definition) is 1. The number of rotatable bonds is 4. The molecule has 0 heterocycles. The summed E-state index contributed by atoms with van der Waals surface area (Å²) >= 11 is 3.51. The van der Waals surface area contributed by atoms with E-state index in [2.05, 4.69) is 21.2 Å². The van der Waals surface area contributed by atoms with Crippen molar-refractivity contribution in [1.82, 2.24) is 0 Å². The van der Waals surface area contributed by atoms with Crippen LogP contribution in [0, 0.1) is 12.7 Å². The summed E-state index contributed by atoms with van der Waals surface area (Å²) < 4.78 is 19.7. The smallest absolute Gasteiger partial charge is 0.146 e. The highest BCUT2D eigenvalue weighted by Gasteiger charge is 2.05. The van der Waals surface area contributed by atoms with E-state index in [-0.39, 0.29) is 5.82 Å². The standard InChI is InChI=1S/C15H15BrFNO/c1-10-3-4-11(13(16)7-10)9-18-15-8-12(19-2)5-6-14(15)17/h3-8,18H,9H2,1-2H3. The lowest BCUT2D eigenvalue weighted by Gasteiger charge is -2.11. The fourth-order valence-electron chi connectivity index (χ4n) is 1.75. The lowest BCUT2D eigenvalue weighted by Crippen LogP contribution is -2.02. The van der Waals surface area contributed by atoms with Crippen molar-refractivity contribution in [2.45, 2.75) is 13.5 Å². The average molecular weight is 324 g/mol. The van der Waals surface area contributed by atoms with Gasteiger partial charge in [-0.2, -0.15) is 0 Å². The second kappa shape index (κ2) is 6.06. The fraction of sp³-hybridized carbons (Fsp3) is 0.200. The van der Waals surface area contributed by atoms with Crippen LogP contribution in [0.25, 0.3) is 0 Å². The Balaban J connectivity index is 2.14. The first-order chi connectivity index (χ1) is 9.10. The van der Waals surface area contributed by atoms with Crippen LogP contribution in [0.2, 0.25) is 0 Å². The van der Waals surface area contributed by atoms with E-state index in [1.807, 2.05) is 25.1 Å². The Morgan fingerprint density at radius 3 is 2.68 bits per heavy atom. The molecule has 0 aliphatic heterocycles. The van der Waals surface area contributed by atoms with Gasteiger partial charge in [-0.1, -0.05) is 28.1 Å². The predicted molar refractivity (Wildman–Crippen MR) is 79.2 cm³/mol. The van der Waals surface area contributed by atoms with E-state index < -0.39 is 0 Å². The molecule has 0 aliphatic carbocycles. The number of nitrogens with one attached hydrogen (secondary N) is 1. The van der Waals surface area contributed by atoms with Crippen LogP contribution in [0.3, 0.4) is 0 Å². The maximum absolute atomic E-state index is 13.6. The molecule has 0 aromatic heterocycles. The quantitative estimate of drug-likeness (QED) is 0.893. The van der Waals surface area contributed by atoms with Gasteiger partial charge in [-0.15, -0.1) is 0 Å². The Morgan fingerprint density at radius 1 is 1.21 bits per heavy atom. The Hall–Kier alpha value is -1.55. The van der Waals surface area contributed by atoms with Crippen molar-refractivity contribution < 1.29 is 9.13 Å². The highest BCUT2D eigenvalue weighted by atomic mass is 79.9. The number of aryl methyl sites for hydroxylation is 1. The zero-order valence-electron chi connectivity index (χ0n) is 10.8. The van der Waals surface area contributed by atoms with Gasteiger partial charge in [0.25, 0.3) is 0 Å². The van der Waals surface area contributed by atoms with Crippen molar-refractivity contribution in [3.63, 3.8) is 0 Å². The average Bonchev–Trinajstić information content (AvgIpc) is 2.39. The third-order valence-corrected chi connectivity index (χ3v) is 3.59. The number of halogens is 2. The molecule has 0 saturated heterocycles. The van der Waals surface area contributed by atoms with E-state index in [1.165, 1.54) is 11.6 Å². The van der Waals surface area contributed by atoms with Crippen LogP contribution in [-0.2, 0) is 6.54 Å². The van der Waals surface area contributed by atoms with Crippen LogP contribution < -0.4 is 10.1 Å². The third kappa shape index (κ3) is 3.47. The topological polar surface area (TPSA) is 21.3 Å². The molecule has 100 valence electrons. The molecule has 0 saturated carbocycles. The second-order valence-electron chi connectivity index (χ2n) is 4.29. The maximum Gasteiger partial charge on any atom is 0.146 e. The third-order valence-electron chi connectivity index (χ3n) is 2.85. The number of ether oxygens (including phenoxy) is 1. The molecular formula is C15H15BrFNO. The van der Waals surface area contributed by atoms with Gasteiger partial charge in [0.1, 0.15) is 11.6 Å². The molecule has 4 heteroatoms. The minimum Gasteiger partial charge on any atom is -0.497 e. The lowest BCUT2D eigenvalue weighted by atomic mass is 10.1. The molecular weight excluding hydrogens is 309 g/mol. The van der Waals surface area contributed by atoms with Gasteiger partial charge in [-0.3, -0.25) is 0 Å². The second-order valence-corrected chi connectivity index (χ2v) is 5.15. The van der Waals surface area contributed by atoms with Crippen LogP contribution in [0.15, 0.2) is 40.9 Å². The van der Waals surface area contributed by atoms with E-state index >= 15 is 0 Å². The molecule has 0 spiro atoms. The highest BCUT2D eigenvalue weighted by molar-refractivity contribution is 9.10. The van der Waals surface area contributed by atoms with Gasteiger partial charge < -0.3 is 10.1 Å². The van der Waals surface area contributed by atoms with Crippen molar-refractivity contribution in [2.75, 3.05) is 12.4 Å². The monoisotopic (exact) mass is 323 g/mol. The van der Waals surface area contributed by atoms with Gasteiger partial charge in [0.05, 0.1) is 12.8 Å². The molecule has 2 aromatic rings. The van der Waals surface area contributed by atoms with Crippen molar-refractivity contribution in [2.24, 2.45) is 0 Å². The van der Waals surface area contributed by atoms with Crippen LogP contribution in [0.1, 0.15) is 11.1 Å². The molecule has 0 amide bonds. The van der Waals surface area contributed by atoms with Crippen molar-refractivity contribution in [3.8, 4) is 5.75 Å². The van der Waals surface area contributed by atoms with Crippen molar-refractivity contribution in [1.29, 1.82) is 0 Å². The minimum absolute atomic E-state index is 0.288. The predicted octanol–water partition coefficient (Wildman–Crippen LogP) is 4.52. The summed E-state index contributed by atoms with van der Waals surface area (Å²) in [5, 5.41) is 3.08. The molecule has 2 nitrogen and oxygen atoms in total. The molecule has 0 atom stereocenters. The Morgan fingerprint density at radius 2 is 2.00 bits per heavy atom. The highest BCUT2D eigenvalue weighted by Crippen LogP contribution is 2.23. The van der Waals surface area contributed by atoms with Gasteiger partial charge in [0, 0.05) is 17.1 Å². The van der Waals surface area contributed by atoms with E-state index in [1.54, 1.807) is 19.2 Å². The van der Waals surface area contributed by atoms with Gasteiger partial charge in [-0.05, 0) is 36.2 Å². The van der Waals surface area contributed by atoms with E-state index in [9.17, 15) is 4.39 Å². The molecule has 0 radical (unpaired) electrons. The van der Waals surface area contributed by atoms with Crippen LogP contribution in [0.4, 0.5) is 10.1 Å². The van der Waals surface area contributed by atoms with Gasteiger partial charge in [0.2, 0.25) is 0 Å². The summed E-state index contributed by atoms with van der Waals surface area (Å²) in [6, 6.07) is 10.7. The molecule has 2 rings (SSSR count). The van der Waals surface area contributed by atoms with E-state index in [4.69, 9.17) is 4.74 Å². The van der Waals surface area contributed by atoms with E-state index in [0.29, 0.717) is 18.0 Å². The van der Waals surface area contributed by atoms with Crippen LogP contribution >= 0.6 is 15.9 Å². The zero-order valence-corrected chi connectivity index (χ0v) is 12.4. The summed E-state index contributed by atoms with van der Waals surface area (Å²) in [6.45, 7) is 2.58. The summed E-state index contributed by atoms with van der Waals surface area (Å²) in [4.78, 5) is 0. The summed E-state index contributed by atoms with van der Waals surface area (Å²) in [6.07, 6.45) is 0. The lowest BCUT2D eigenvalue weighted by molar-refractivity contribution is 0.414. The minimum atomic E-state index is -0.288. The molecule has 0 fully saturated rings. The van der Waals surface area contributed by atoms with Gasteiger partial charge in [-0.25, -0.2) is 4.39 Å². The zero-order chi connectivity index (χ0) is 13.8. The SMILES string of the molecule is COc1ccc(F)c(NCc2ccc(C)cc2Br)c1. The Labute approximate surface area is 120 Å². The van der Waals surface area contributed by atoms with E-state index in [0.717, 1.165) is 10.0 Å². The molecule has 1 N–H and O–H groups in total. The number of benzene rings is 2. The number of methoxy groups -OCH3 is 1. The Kier molecular flexibility index (Phi) is 4.43. The number of hydrogen-bond acceptors (Lipinski definition) is 2. The van der Waals surface area contributed by atoms with Crippen LogP contribution in [-0.4, -0.2) is 7.11 Å². The number of anilines is 1. The fourth-order valence-corrected chi connectivity index (χ4v) is 2.39. The Bertz CT molecular complexity index is 586. The van der Waals surface area contributed by atoms with Gasteiger partial charge in [0.15, 0.2) is 0 Å². The normalized spacial score (nSPS) is 10.3.